The van der Waals surface area contributed by atoms with Crippen LogP contribution in [0.3, 0.4) is 0 Å². The van der Waals surface area contributed by atoms with Crippen LogP contribution < -0.4 is 0 Å². The first-order valence-electron chi connectivity index (χ1n) is 9.26. The number of unbranched alkanes of at least 4 members (excludes halogenated alkanes) is 1. The fraction of sp³-hybridized carbons (Fsp3) is 0.722. The number of furan rings is 1. The lowest BCUT2D eigenvalue weighted by Crippen LogP contribution is -2.60. The number of aryl methyl sites for hydroxylation is 1. The Bertz CT molecular complexity index is 730. The van der Waals surface area contributed by atoms with Crippen LogP contribution in [0.1, 0.15) is 31.3 Å². The predicted molar refractivity (Wildman–Crippen MR) is 97.5 cm³/mol. The minimum atomic E-state index is -3.15. The third-order valence-corrected chi connectivity index (χ3v) is 6.83. The van der Waals surface area contributed by atoms with Crippen LogP contribution in [0.4, 0.5) is 0 Å². The highest BCUT2D eigenvalue weighted by atomic mass is 32.2. The van der Waals surface area contributed by atoms with Crippen molar-refractivity contribution in [3.8, 4) is 0 Å². The molecule has 0 saturated carbocycles. The zero-order chi connectivity index (χ0) is 18.7. The average molecular weight is 384 g/mol. The SMILES string of the molecule is CCCCOCC(=O)N1CCN(Cc2ccc(C)o2)[C@H]2CS(=O)(=O)C[C@H]21. The van der Waals surface area contributed by atoms with Crippen molar-refractivity contribution in [3.05, 3.63) is 23.7 Å². The van der Waals surface area contributed by atoms with E-state index in [0.717, 1.165) is 24.4 Å². The number of carbonyl (C=O) groups is 1. The van der Waals surface area contributed by atoms with Crippen LogP contribution in [-0.2, 0) is 25.9 Å². The smallest absolute Gasteiger partial charge is 0.248 e. The van der Waals surface area contributed by atoms with Crippen molar-refractivity contribution >= 4 is 15.7 Å². The van der Waals surface area contributed by atoms with E-state index in [2.05, 4.69) is 11.8 Å². The average Bonchev–Trinajstić information content (AvgIpc) is 3.13. The lowest BCUT2D eigenvalue weighted by Gasteiger charge is -2.43. The van der Waals surface area contributed by atoms with Gasteiger partial charge in [-0.2, -0.15) is 0 Å². The molecule has 2 aliphatic heterocycles. The summed E-state index contributed by atoms with van der Waals surface area (Å²) >= 11 is 0. The van der Waals surface area contributed by atoms with Gasteiger partial charge in [0.2, 0.25) is 5.91 Å². The number of nitrogens with zero attached hydrogens (tertiary/aromatic N) is 2. The van der Waals surface area contributed by atoms with Crippen molar-refractivity contribution in [1.29, 1.82) is 0 Å². The maximum absolute atomic E-state index is 12.6. The molecule has 2 aliphatic rings. The van der Waals surface area contributed by atoms with Crippen LogP contribution in [-0.4, -0.2) is 74.0 Å². The largest absolute Gasteiger partial charge is 0.465 e. The summed E-state index contributed by atoms with van der Waals surface area (Å²) in [5.74, 6) is 1.69. The zero-order valence-corrected chi connectivity index (χ0v) is 16.3. The van der Waals surface area contributed by atoms with Crippen LogP contribution in [0.5, 0.6) is 0 Å². The number of sulfone groups is 1. The predicted octanol–water partition coefficient (Wildman–Crippen LogP) is 1.21. The first-order valence-corrected chi connectivity index (χ1v) is 11.1. The monoisotopic (exact) mass is 384 g/mol. The number of fused-ring (bicyclic) bond motifs is 1. The summed E-state index contributed by atoms with van der Waals surface area (Å²) in [5.41, 5.74) is 0. The molecule has 146 valence electrons. The van der Waals surface area contributed by atoms with Gasteiger partial charge in [-0.1, -0.05) is 13.3 Å². The van der Waals surface area contributed by atoms with Crippen LogP contribution in [0.25, 0.3) is 0 Å². The van der Waals surface area contributed by atoms with Crippen molar-refractivity contribution in [1.82, 2.24) is 9.80 Å². The molecule has 3 heterocycles. The molecule has 1 aromatic heterocycles. The molecule has 26 heavy (non-hydrogen) atoms. The van der Waals surface area contributed by atoms with Gasteiger partial charge in [-0.25, -0.2) is 8.42 Å². The second-order valence-corrected chi connectivity index (χ2v) is 9.34. The fourth-order valence-electron chi connectivity index (χ4n) is 3.79. The Morgan fingerprint density at radius 3 is 2.73 bits per heavy atom. The summed E-state index contributed by atoms with van der Waals surface area (Å²) in [4.78, 5) is 16.4. The second kappa shape index (κ2) is 8.10. The molecule has 0 aromatic carbocycles. The number of hydrogen-bond acceptors (Lipinski definition) is 6. The highest BCUT2D eigenvalue weighted by Gasteiger charge is 2.48. The molecule has 3 rings (SSSR count). The lowest BCUT2D eigenvalue weighted by molar-refractivity contribution is -0.142. The zero-order valence-electron chi connectivity index (χ0n) is 15.5. The van der Waals surface area contributed by atoms with Crippen LogP contribution in [0, 0.1) is 6.92 Å². The molecule has 0 N–H and O–H groups in total. The normalized spacial score (nSPS) is 25.4. The highest BCUT2D eigenvalue weighted by Crippen LogP contribution is 2.28. The summed E-state index contributed by atoms with van der Waals surface area (Å²) in [7, 11) is -3.15. The van der Waals surface area contributed by atoms with Gasteiger partial charge in [0.15, 0.2) is 9.84 Å². The van der Waals surface area contributed by atoms with Crippen molar-refractivity contribution in [2.45, 2.75) is 45.3 Å². The lowest BCUT2D eigenvalue weighted by atomic mass is 10.0. The summed E-state index contributed by atoms with van der Waals surface area (Å²) in [5, 5.41) is 0. The molecule has 1 amide bonds. The number of hydrogen-bond donors (Lipinski definition) is 0. The van der Waals surface area contributed by atoms with Crippen LogP contribution in [0.2, 0.25) is 0 Å². The van der Waals surface area contributed by atoms with E-state index in [4.69, 9.17) is 9.15 Å². The molecular weight excluding hydrogens is 356 g/mol. The van der Waals surface area contributed by atoms with E-state index in [-0.39, 0.29) is 36.1 Å². The van der Waals surface area contributed by atoms with Crippen molar-refractivity contribution in [3.63, 3.8) is 0 Å². The quantitative estimate of drug-likeness (QED) is 0.658. The molecule has 0 aliphatic carbocycles. The Morgan fingerprint density at radius 1 is 1.27 bits per heavy atom. The van der Waals surface area contributed by atoms with Crippen LogP contribution in [0.15, 0.2) is 16.5 Å². The first kappa shape index (κ1) is 19.4. The van der Waals surface area contributed by atoms with Gasteiger partial charge in [0.05, 0.1) is 24.1 Å². The number of rotatable bonds is 7. The summed E-state index contributed by atoms with van der Waals surface area (Å²) < 4.78 is 35.6. The van der Waals surface area contributed by atoms with Gasteiger partial charge in [-0.05, 0) is 25.5 Å². The molecule has 7 nitrogen and oxygen atoms in total. The maximum Gasteiger partial charge on any atom is 0.248 e. The second-order valence-electron chi connectivity index (χ2n) is 7.19. The molecular formula is C18H28N2O5S. The summed E-state index contributed by atoms with van der Waals surface area (Å²) in [6.45, 7) is 6.27. The van der Waals surface area contributed by atoms with E-state index in [1.807, 2.05) is 19.1 Å². The van der Waals surface area contributed by atoms with E-state index in [0.29, 0.717) is 26.2 Å². The fourth-order valence-corrected chi connectivity index (χ4v) is 5.80. The Balaban J connectivity index is 1.67. The standard InChI is InChI=1S/C18H28N2O5S/c1-3-4-9-24-11-18(21)20-8-7-19(10-15-6-5-14(2)25-15)16-12-26(22,23)13-17(16)20/h5-6,16-17H,3-4,7-13H2,1-2H3/t16-,17+/m0/s1. The van der Waals surface area contributed by atoms with Crippen molar-refractivity contribution in [2.75, 3.05) is 37.8 Å². The van der Waals surface area contributed by atoms with E-state index in [1.54, 1.807) is 4.90 Å². The highest BCUT2D eigenvalue weighted by molar-refractivity contribution is 7.91. The van der Waals surface area contributed by atoms with E-state index in [9.17, 15) is 13.2 Å². The molecule has 2 fully saturated rings. The minimum Gasteiger partial charge on any atom is -0.465 e. The van der Waals surface area contributed by atoms with Crippen molar-refractivity contribution < 1.29 is 22.4 Å². The molecule has 8 heteroatoms. The third kappa shape index (κ3) is 4.47. The molecule has 0 unspecified atom stereocenters. The van der Waals surface area contributed by atoms with E-state index in [1.165, 1.54) is 0 Å². The molecule has 0 radical (unpaired) electrons. The molecule has 0 spiro atoms. The van der Waals surface area contributed by atoms with Crippen LogP contribution >= 0.6 is 0 Å². The maximum atomic E-state index is 12.6. The molecule has 1 aromatic rings. The Morgan fingerprint density at radius 2 is 2.04 bits per heavy atom. The van der Waals surface area contributed by atoms with Gasteiger partial charge in [-0.3, -0.25) is 9.69 Å². The third-order valence-electron chi connectivity index (χ3n) is 5.13. The van der Waals surface area contributed by atoms with Gasteiger partial charge < -0.3 is 14.1 Å². The van der Waals surface area contributed by atoms with Gasteiger partial charge in [0, 0.05) is 25.7 Å². The number of ether oxygens (including phenoxy) is 1. The Labute approximate surface area is 155 Å². The Hall–Kier alpha value is -1.38. The summed E-state index contributed by atoms with van der Waals surface area (Å²) in [6, 6.07) is 3.35. The summed E-state index contributed by atoms with van der Waals surface area (Å²) in [6.07, 6.45) is 1.94. The Kier molecular flexibility index (Phi) is 6.04. The number of carbonyl (C=O) groups excluding carboxylic acids is 1. The first-order chi connectivity index (χ1) is 12.4. The minimum absolute atomic E-state index is 0.0284. The topological polar surface area (TPSA) is 80.1 Å². The molecule has 0 bridgehead atoms. The van der Waals surface area contributed by atoms with Gasteiger partial charge in [0.1, 0.15) is 18.1 Å². The molecule has 2 saturated heterocycles. The van der Waals surface area contributed by atoms with Gasteiger partial charge in [0.25, 0.3) is 0 Å². The number of piperazine rings is 1. The van der Waals surface area contributed by atoms with E-state index >= 15 is 0 Å². The van der Waals surface area contributed by atoms with Gasteiger partial charge >= 0.3 is 0 Å². The van der Waals surface area contributed by atoms with Gasteiger partial charge in [-0.15, -0.1) is 0 Å². The van der Waals surface area contributed by atoms with Crippen molar-refractivity contribution in [2.24, 2.45) is 0 Å². The number of amides is 1. The van der Waals surface area contributed by atoms with E-state index < -0.39 is 9.84 Å². The molecule has 2 atom stereocenters.